The number of amides is 4. The molecule has 0 saturated heterocycles. The average Bonchev–Trinajstić information content (AvgIpc) is 3.09. The zero-order valence-electron chi connectivity index (χ0n) is 30.1. The van der Waals surface area contributed by atoms with Crippen LogP contribution in [0.2, 0.25) is 0 Å². The van der Waals surface area contributed by atoms with Crippen molar-refractivity contribution >= 4 is 24.0 Å². The van der Waals surface area contributed by atoms with Gasteiger partial charge in [0.25, 0.3) is 0 Å². The average molecular weight is 681 g/mol. The number of rotatable bonds is 24. The van der Waals surface area contributed by atoms with Crippen molar-refractivity contribution in [3.8, 4) is 0 Å². The Bertz CT molecular complexity index is 1210. The van der Waals surface area contributed by atoms with Crippen LogP contribution in [0, 0.1) is 11.8 Å². The van der Waals surface area contributed by atoms with E-state index in [1.165, 1.54) is 25.7 Å². The van der Waals surface area contributed by atoms with Crippen LogP contribution in [0.5, 0.6) is 0 Å². The summed E-state index contributed by atoms with van der Waals surface area (Å²) < 4.78 is 10.6. The Labute approximate surface area is 293 Å². The summed E-state index contributed by atoms with van der Waals surface area (Å²) in [6, 6.07) is 17.6. The van der Waals surface area contributed by atoms with Crippen LogP contribution in [0.3, 0.4) is 0 Å². The minimum Gasteiger partial charge on any atom is -0.445 e. The summed E-state index contributed by atoms with van der Waals surface area (Å²) >= 11 is 0. The largest absolute Gasteiger partial charge is 0.445 e. The third-order valence-corrected chi connectivity index (χ3v) is 8.17. The fourth-order valence-electron chi connectivity index (χ4n) is 5.36. The van der Waals surface area contributed by atoms with Gasteiger partial charge in [0, 0.05) is 13.1 Å². The van der Waals surface area contributed by atoms with E-state index in [2.05, 4.69) is 21.3 Å². The van der Waals surface area contributed by atoms with Crippen molar-refractivity contribution in [1.82, 2.24) is 21.3 Å². The molecule has 272 valence electrons. The van der Waals surface area contributed by atoms with Gasteiger partial charge in [0.15, 0.2) is 0 Å². The minimum atomic E-state index is -0.639. The third-order valence-electron chi connectivity index (χ3n) is 8.17. The molecule has 2 rings (SSSR count). The highest BCUT2D eigenvalue weighted by Gasteiger charge is 2.25. The number of carbonyl (C=O) groups excluding carboxylic acids is 4. The first-order valence-corrected chi connectivity index (χ1v) is 18.2. The highest BCUT2D eigenvalue weighted by atomic mass is 16.6. The van der Waals surface area contributed by atoms with E-state index in [1.807, 2.05) is 88.4 Å². The first kappa shape index (κ1) is 41.1. The molecule has 0 unspecified atom stereocenters. The van der Waals surface area contributed by atoms with Gasteiger partial charge in [-0.3, -0.25) is 9.59 Å². The lowest BCUT2D eigenvalue weighted by Gasteiger charge is -2.21. The second kappa shape index (κ2) is 25.0. The molecule has 0 aromatic heterocycles. The van der Waals surface area contributed by atoms with E-state index in [9.17, 15) is 19.2 Å². The highest BCUT2D eigenvalue weighted by Crippen LogP contribution is 2.12. The highest BCUT2D eigenvalue weighted by molar-refractivity contribution is 5.86. The van der Waals surface area contributed by atoms with Crippen molar-refractivity contribution in [2.24, 2.45) is 11.8 Å². The maximum absolute atomic E-state index is 12.8. The fraction of sp³-hybridized carbons (Fsp3) is 0.590. The lowest BCUT2D eigenvalue weighted by atomic mass is 10.0. The predicted octanol–water partition coefficient (Wildman–Crippen LogP) is 7.41. The summed E-state index contributed by atoms with van der Waals surface area (Å²) in [4.78, 5) is 50.0. The molecule has 10 nitrogen and oxygen atoms in total. The zero-order valence-corrected chi connectivity index (χ0v) is 30.1. The topological polar surface area (TPSA) is 135 Å². The fourth-order valence-corrected chi connectivity index (χ4v) is 5.36. The van der Waals surface area contributed by atoms with Gasteiger partial charge in [-0.05, 0) is 42.2 Å². The van der Waals surface area contributed by atoms with E-state index < -0.39 is 24.3 Å². The monoisotopic (exact) mass is 680 g/mol. The van der Waals surface area contributed by atoms with Crippen LogP contribution in [-0.2, 0) is 32.3 Å². The summed E-state index contributed by atoms with van der Waals surface area (Å²) in [6.07, 6.45) is 10.3. The summed E-state index contributed by atoms with van der Waals surface area (Å²) in [7, 11) is 0. The van der Waals surface area contributed by atoms with E-state index in [0.717, 1.165) is 49.7 Å². The van der Waals surface area contributed by atoms with Crippen molar-refractivity contribution < 1.29 is 28.7 Å². The van der Waals surface area contributed by atoms with Gasteiger partial charge in [-0.2, -0.15) is 0 Å². The quantitative estimate of drug-likeness (QED) is 0.0853. The van der Waals surface area contributed by atoms with Crippen LogP contribution < -0.4 is 21.3 Å². The van der Waals surface area contributed by atoms with Crippen molar-refractivity contribution in [2.75, 3.05) is 13.1 Å². The van der Waals surface area contributed by atoms with Gasteiger partial charge in [0.05, 0.1) is 0 Å². The second-order valence-electron chi connectivity index (χ2n) is 13.4. The van der Waals surface area contributed by atoms with Crippen molar-refractivity contribution in [2.45, 2.75) is 124 Å². The van der Waals surface area contributed by atoms with E-state index in [0.29, 0.717) is 19.5 Å². The summed E-state index contributed by atoms with van der Waals surface area (Å²) in [6.45, 7) is 9.36. The lowest BCUT2D eigenvalue weighted by molar-refractivity contribution is -0.124. The molecule has 0 saturated carbocycles. The van der Waals surface area contributed by atoms with Gasteiger partial charge in [0.1, 0.15) is 25.3 Å². The third kappa shape index (κ3) is 19.5. The second-order valence-corrected chi connectivity index (χ2v) is 13.4. The van der Waals surface area contributed by atoms with E-state index in [-0.39, 0.29) is 36.9 Å². The number of alkyl carbamates (subject to hydrolysis) is 2. The van der Waals surface area contributed by atoms with Gasteiger partial charge >= 0.3 is 12.2 Å². The Kier molecular flexibility index (Phi) is 20.9. The number of unbranched alkanes of at least 4 members (excludes halogenated alkanes) is 9. The number of carbonyl (C=O) groups is 4. The van der Waals surface area contributed by atoms with Crippen LogP contribution in [0.4, 0.5) is 9.59 Å². The van der Waals surface area contributed by atoms with Crippen LogP contribution in [-0.4, -0.2) is 49.2 Å². The molecule has 0 spiro atoms. The number of hydrogen-bond donors (Lipinski definition) is 4. The zero-order chi connectivity index (χ0) is 35.7. The molecule has 10 heteroatoms. The molecule has 2 aromatic rings. The molecule has 4 N–H and O–H groups in total. The Balaban J connectivity index is 1.46. The van der Waals surface area contributed by atoms with Gasteiger partial charge < -0.3 is 30.7 Å². The van der Waals surface area contributed by atoms with Crippen molar-refractivity contribution in [3.63, 3.8) is 0 Å². The molecule has 0 aliphatic carbocycles. The summed E-state index contributed by atoms with van der Waals surface area (Å²) in [5, 5.41) is 11.4. The molecule has 0 heterocycles. The van der Waals surface area contributed by atoms with Crippen LogP contribution >= 0.6 is 0 Å². The van der Waals surface area contributed by atoms with Gasteiger partial charge in [0.2, 0.25) is 11.8 Å². The van der Waals surface area contributed by atoms with Crippen molar-refractivity contribution in [1.29, 1.82) is 0 Å². The number of benzene rings is 2. The van der Waals surface area contributed by atoms with E-state index in [1.54, 1.807) is 0 Å². The Morgan fingerprint density at radius 3 is 1.39 bits per heavy atom. The first-order chi connectivity index (χ1) is 23.7. The van der Waals surface area contributed by atoms with Gasteiger partial charge in [-0.1, -0.05) is 140 Å². The van der Waals surface area contributed by atoms with Crippen LogP contribution in [0.15, 0.2) is 60.7 Å². The predicted molar refractivity (Wildman–Crippen MR) is 194 cm³/mol. The Hall–Kier alpha value is -4.08. The Morgan fingerprint density at radius 1 is 0.551 bits per heavy atom. The van der Waals surface area contributed by atoms with Crippen LogP contribution in [0.1, 0.15) is 109 Å². The lowest BCUT2D eigenvalue weighted by Crippen LogP contribution is -2.50. The molecule has 0 bridgehead atoms. The maximum atomic E-state index is 12.8. The van der Waals surface area contributed by atoms with E-state index in [4.69, 9.17) is 9.47 Å². The number of ether oxygens (including phenoxy) is 2. The molecule has 4 amide bonds. The SMILES string of the molecule is CC(C)C[C@H](NC(=O)OCc1ccccc1)C(=O)NCCCCCCCCCCCCNC(=O)[C@@H](NC(=O)OCc1ccccc1)C(C)C. The molecule has 2 aromatic carbocycles. The molecule has 0 aliphatic rings. The van der Waals surface area contributed by atoms with Gasteiger partial charge in [-0.15, -0.1) is 0 Å². The first-order valence-electron chi connectivity index (χ1n) is 18.2. The van der Waals surface area contributed by atoms with Crippen molar-refractivity contribution in [3.05, 3.63) is 71.8 Å². The number of nitrogens with one attached hydrogen (secondary N) is 4. The molecular formula is C39H60N4O6. The smallest absolute Gasteiger partial charge is 0.408 e. The van der Waals surface area contributed by atoms with Gasteiger partial charge in [-0.25, -0.2) is 9.59 Å². The summed E-state index contributed by atoms with van der Waals surface area (Å²) in [5.74, 6) is -0.158. The molecule has 49 heavy (non-hydrogen) atoms. The standard InChI is InChI=1S/C39H60N4O6/c1-30(2)27-34(42-38(46)48-28-32-21-15-13-16-22-32)36(44)40-25-19-11-9-7-5-6-8-10-12-20-26-41-37(45)35(31(3)4)43-39(47)49-29-33-23-17-14-18-24-33/h13-18,21-24,30-31,34-35H,5-12,19-20,25-29H2,1-4H3,(H,40,44)(H,41,45)(H,42,46)(H,43,47)/t34-,35-/m0/s1. The Morgan fingerprint density at radius 2 is 0.959 bits per heavy atom. The number of hydrogen-bond acceptors (Lipinski definition) is 6. The maximum Gasteiger partial charge on any atom is 0.408 e. The molecule has 2 atom stereocenters. The molecule has 0 radical (unpaired) electrons. The van der Waals surface area contributed by atoms with Crippen LogP contribution in [0.25, 0.3) is 0 Å². The van der Waals surface area contributed by atoms with E-state index >= 15 is 0 Å². The normalized spacial score (nSPS) is 12.2. The minimum absolute atomic E-state index is 0.0598. The summed E-state index contributed by atoms with van der Waals surface area (Å²) in [5.41, 5.74) is 1.79. The molecule has 0 aliphatic heterocycles. The molecular weight excluding hydrogens is 620 g/mol. The molecule has 0 fully saturated rings.